The average Bonchev–Trinajstić information content (AvgIpc) is 3.08. The Bertz CT molecular complexity index is 652. The molecule has 0 spiro atoms. The van der Waals surface area contributed by atoms with Crippen LogP contribution in [0.2, 0.25) is 5.02 Å². The van der Waals surface area contributed by atoms with Gasteiger partial charge in [0.1, 0.15) is 5.03 Å². The maximum absolute atomic E-state index is 11.6. The molecule has 5 nitrogen and oxygen atoms in total. The minimum atomic E-state index is -0.173. The van der Waals surface area contributed by atoms with Crippen LogP contribution in [0.1, 0.15) is 18.9 Å². The zero-order chi connectivity index (χ0) is 12.7. The van der Waals surface area contributed by atoms with E-state index in [1.165, 1.54) is 11.8 Å². The molecule has 0 amide bonds. The summed E-state index contributed by atoms with van der Waals surface area (Å²) in [7, 11) is 0. The number of nitrogens with one attached hydrogen (secondary N) is 1. The van der Waals surface area contributed by atoms with Crippen molar-refractivity contribution >= 4 is 39.3 Å². The number of nitrogens with zero attached hydrogens (tertiary/aromatic N) is 3. The van der Waals surface area contributed by atoms with Crippen LogP contribution < -0.4 is 5.69 Å². The smallest absolute Gasteiger partial charge is 0.267 e. The fourth-order valence-corrected chi connectivity index (χ4v) is 3.18. The number of hydrogen-bond acceptors (Lipinski definition) is 4. The summed E-state index contributed by atoms with van der Waals surface area (Å²) in [6.45, 7) is 0. The molecule has 0 atom stereocenters. The lowest BCUT2D eigenvalue weighted by Gasteiger charge is -2.04. The third-order valence-electron chi connectivity index (χ3n) is 2.55. The molecule has 0 aliphatic heterocycles. The molecular weight excluding hydrogens is 340 g/mol. The van der Waals surface area contributed by atoms with Crippen molar-refractivity contribution in [2.24, 2.45) is 0 Å². The molecule has 1 aliphatic rings. The summed E-state index contributed by atoms with van der Waals surface area (Å²) < 4.78 is 2.49. The SMILES string of the molecule is O=c1[nH]nc(Sc2ncc(Br)cc2Cl)n1C1CC1. The molecule has 0 saturated heterocycles. The molecule has 94 valence electrons. The predicted octanol–water partition coefficient (Wildman–Crippen LogP) is 2.87. The Hall–Kier alpha value is -0.790. The van der Waals surface area contributed by atoms with Crippen molar-refractivity contribution in [3.63, 3.8) is 0 Å². The molecule has 18 heavy (non-hydrogen) atoms. The zero-order valence-electron chi connectivity index (χ0n) is 9.06. The molecule has 2 aromatic rings. The van der Waals surface area contributed by atoms with Gasteiger partial charge in [0.15, 0.2) is 5.16 Å². The Kier molecular flexibility index (Phi) is 3.21. The number of halogens is 2. The van der Waals surface area contributed by atoms with Gasteiger partial charge in [0.2, 0.25) is 0 Å². The molecule has 0 radical (unpaired) electrons. The molecular formula is C10H8BrClN4OS. The van der Waals surface area contributed by atoms with Crippen molar-refractivity contribution in [2.45, 2.75) is 29.1 Å². The Morgan fingerprint density at radius 2 is 2.33 bits per heavy atom. The highest BCUT2D eigenvalue weighted by atomic mass is 79.9. The normalized spacial score (nSPS) is 15.0. The standard InChI is InChI=1S/C10H8BrClN4OS/c11-5-3-7(12)8(13-4-5)18-10-15-14-9(17)16(10)6-1-2-6/h3-4,6H,1-2H2,(H,14,17). The predicted molar refractivity (Wildman–Crippen MR) is 72.2 cm³/mol. The van der Waals surface area contributed by atoms with Gasteiger partial charge in [-0.05, 0) is 46.6 Å². The second-order valence-electron chi connectivity index (χ2n) is 3.96. The molecule has 3 rings (SSSR count). The van der Waals surface area contributed by atoms with Gasteiger partial charge in [-0.25, -0.2) is 14.9 Å². The Balaban J connectivity index is 1.94. The van der Waals surface area contributed by atoms with Crippen LogP contribution in [0.4, 0.5) is 0 Å². The van der Waals surface area contributed by atoms with E-state index in [4.69, 9.17) is 11.6 Å². The third kappa shape index (κ3) is 2.34. The zero-order valence-corrected chi connectivity index (χ0v) is 12.2. The van der Waals surface area contributed by atoms with Crippen molar-refractivity contribution < 1.29 is 0 Å². The average molecular weight is 348 g/mol. The van der Waals surface area contributed by atoms with Gasteiger partial charge < -0.3 is 0 Å². The summed E-state index contributed by atoms with van der Waals surface area (Å²) in [4.78, 5) is 15.8. The fraction of sp³-hybridized carbons (Fsp3) is 0.300. The van der Waals surface area contributed by atoms with Crippen molar-refractivity contribution in [2.75, 3.05) is 0 Å². The van der Waals surface area contributed by atoms with Crippen LogP contribution in [0.5, 0.6) is 0 Å². The molecule has 1 saturated carbocycles. The highest BCUT2D eigenvalue weighted by Crippen LogP contribution is 2.38. The number of pyridine rings is 1. The summed E-state index contributed by atoms with van der Waals surface area (Å²) in [6, 6.07) is 2.04. The third-order valence-corrected chi connectivity index (χ3v) is 4.37. The summed E-state index contributed by atoms with van der Waals surface area (Å²) in [5.41, 5.74) is -0.173. The maximum Gasteiger partial charge on any atom is 0.344 e. The van der Waals surface area contributed by atoms with E-state index in [1.54, 1.807) is 16.8 Å². The van der Waals surface area contributed by atoms with Crippen LogP contribution >= 0.6 is 39.3 Å². The van der Waals surface area contributed by atoms with Crippen LogP contribution in [0.15, 0.2) is 31.7 Å². The maximum atomic E-state index is 11.6. The lowest BCUT2D eigenvalue weighted by atomic mass is 10.5. The number of aromatic nitrogens is 4. The van der Waals surface area contributed by atoms with Gasteiger partial charge in [0, 0.05) is 16.7 Å². The van der Waals surface area contributed by atoms with Crippen LogP contribution in [0, 0.1) is 0 Å². The molecule has 2 heterocycles. The van der Waals surface area contributed by atoms with E-state index in [-0.39, 0.29) is 11.7 Å². The van der Waals surface area contributed by atoms with E-state index in [0.29, 0.717) is 15.2 Å². The first-order chi connectivity index (χ1) is 8.65. The molecule has 0 unspecified atom stereocenters. The van der Waals surface area contributed by atoms with E-state index in [9.17, 15) is 4.79 Å². The second-order valence-corrected chi connectivity index (χ2v) is 6.23. The first-order valence-corrected chi connectivity index (χ1v) is 7.29. The topological polar surface area (TPSA) is 63.6 Å². The summed E-state index contributed by atoms with van der Waals surface area (Å²) in [5.74, 6) is 0. The largest absolute Gasteiger partial charge is 0.344 e. The number of rotatable bonds is 3. The highest BCUT2D eigenvalue weighted by molar-refractivity contribution is 9.10. The van der Waals surface area contributed by atoms with Gasteiger partial charge in [-0.3, -0.25) is 4.57 Å². The lowest BCUT2D eigenvalue weighted by Crippen LogP contribution is -2.16. The summed E-state index contributed by atoms with van der Waals surface area (Å²) in [5, 5.41) is 8.26. The highest BCUT2D eigenvalue weighted by Gasteiger charge is 2.29. The quantitative estimate of drug-likeness (QED) is 0.927. The molecule has 0 aromatic carbocycles. The number of H-pyrrole nitrogens is 1. The monoisotopic (exact) mass is 346 g/mol. The van der Waals surface area contributed by atoms with Crippen LogP contribution in [0.25, 0.3) is 0 Å². The van der Waals surface area contributed by atoms with Gasteiger partial charge >= 0.3 is 5.69 Å². The van der Waals surface area contributed by atoms with Crippen LogP contribution in [-0.4, -0.2) is 19.7 Å². The minimum Gasteiger partial charge on any atom is -0.267 e. The van der Waals surface area contributed by atoms with E-state index in [1.807, 2.05) is 0 Å². The minimum absolute atomic E-state index is 0.173. The number of hydrogen-bond donors (Lipinski definition) is 1. The van der Waals surface area contributed by atoms with E-state index < -0.39 is 0 Å². The van der Waals surface area contributed by atoms with Gasteiger partial charge in [-0.2, -0.15) is 0 Å². The molecule has 0 bridgehead atoms. The molecule has 8 heteroatoms. The second kappa shape index (κ2) is 4.71. The van der Waals surface area contributed by atoms with Crippen LogP contribution in [0.3, 0.4) is 0 Å². The first kappa shape index (κ1) is 12.3. The molecule has 2 aromatic heterocycles. The van der Waals surface area contributed by atoms with Crippen molar-refractivity contribution in [3.8, 4) is 0 Å². The lowest BCUT2D eigenvalue weighted by molar-refractivity contribution is 0.642. The molecule has 1 N–H and O–H groups in total. The van der Waals surface area contributed by atoms with Gasteiger partial charge in [-0.1, -0.05) is 11.6 Å². The van der Waals surface area contributed by atoms with Crippen LogP contribution in [-0.2, 0) is 0 Å². The van der Waals surface area contributed by atoms with Crippen molar-refractivity contribution in [1.82, 2.24) is 19.7 Å². The van der Waals surface area contributed by atoms with E-state index >= 15 is 0 Å². The van der Waals surface area contributed by atoms with Gasteiger partial charge in [-0.15, -0.1) is 5.10 Å². The van der Waals surface area contributed by atoms with Crippen molar-refractivity contribution in [1.29, 1.82) is 0 Å². The van der Waals surface area contributed by atoms with Crippen molar-refractivity contribution in [3.05, 3.63) is 32.2 Å². The molecule has 1 fully saturated rings. The fourth-order valence-electron chi connectivity index (χ4n) is 1.58. The summed E-state index contributed by atoms with van der Waals surface area (Å²) >= 11 is 10.7. The first-order valence-electron chi connectivity index (χ1n) is 5.31. The summed E-state index contributed by atoms with van der Waals surface area (Å²) in [6.07, 6.45) is 3.71. The Morgan fingerprint density at radius 1 is 1.56 bits per heavy atom. The van der Waals surface area contributed by atoms with E-state index in [2.05, 4.69) is 31.1 Å². The van der Waals surface area contributed by atoms with Gasteiger partial charge in [0.25, 0.3) is 0 Å². The Morgan fingerprint density at radius 3 is 3.00 bits per heavy atom. The number of aromatic amines is 1. The van der Waals surface area contributed by atoms with Gasteiger partial charge in [0.05, 0.1) is 5.02 Å². The van der Waals surface area contributed by atoms with E-state index in [0.717, 1.165) is 17.3 Å². The molecule has 1 aliphatic carbocycles. The Labute approximate surface area is 120 Å².